The molecule has 0 radical (unpaired) electrons. The fourth-order valence-corrected chi connectivity index (χ4v) is 2.26. The highest BCUT2D eigenvalue weighted by molar-refractivity contribution is 6.00. The number of hydrogen-bond acceptors (Lipinski definition) is 4. The monoisotopic (exact) mass is 274 g/mol. The van der Waals surface area contributed by atoms with Gasteiger partial charge in [0.15, 0.2) is 5.78 Å². The Morgan fingerprint density at radius 2 is 2.15 bits per heavy atom. The van der Waals surface area contributed by atoms with Crippen LogP contribution in [-0.4, -0.2) is 31.6 Å². The Morgan fingerprint density at radius 3 is 2.85 bits per heavy atom. The van der Waals surface area contributed by atoms with E-state index in [-0.39, 0.29) is 12.2 Å². The highest BCUT2D eigenvalue weighted by atomic mass is 16.5. The second-order valence-electron chi connectivity index (χ2n) is 4.77. The third-order valence-corrected chi connectivity index (χ3v) is 3.44. The van der Waals surface area contributed by atoms with Gasteiger partial charge in [-0.15, -0.1) is 0 Å². The van der Waals surface area contributed by atoms with Crippen LogP contribution in [0.2, 0.25) is 0 Å². The molecule has 0 N–H and O–H groups in total. The van der Waals surface area contributed by atoms with E-state index in [1.807, 2.05) is 37.3 Å². The maximum absolute atomic E-state index is 11.9. The van der Waals surface area contributed by atoms with Crippen molar-refractivity contribution in [2.75, 3.05) is 13.7 Å². The van der Waals surface area contributed by atoms with Crippen LogP contribution < -0.4 is 0 Å². The molecule has 0 bridgehead atoms. The first-order valence-electron chi connectivity index (χ1n) is 6.59. The predicted molar refractivity (Wildman–Crippen MR) is 75.1 cm³/mol. The number of esters is 1. The van der Waals surface area contributed by atoms with E-state index >= 15 is 0 Å². The summed E-state index contributed by atoms with van der Waals surface area (Å²) in [6, 6.07) is 7.88. The second kappa shape index (κ2) is 6.48. The summed E-state index contributed by atoms with van der Waals surface area (Å²) in [6.45, 7) is 2.35. The van der Waals surface area contributed by atoms with E-state index in [1.165, 1.54) is 7.11 Å². The standard InChI is InChI=1S/C16H18O4/c1-11-5-3-4-6-12(11)7-8-14-15(16(18)19-2)13(17)9-10-20-14/h3-8,14-15H,9-10H2,1-2H3/b8-7+/t14-,15+/m1/s1. The van der Waals surface area contributed by atoms with Crippen LogP contribution in [0.4, 0.5) is 0 Å². The molecule has 2 rings (SSSR count). The number of carbonyl (C=O) groups excluding carboxylic acids is 2. The van der Waals surface area contributed by atoms with Crippen molar-refractivity contribution >= 4 is 17.8 Å². The molecule has 1 heterocycles. The zero-order valence-corrected chi connectivity index (χ0v) is 11.7. The van der Waals surface area contributed by atoms with E-state index in [4.69, 9.17) is 9.47 Å². The maximum atomic E-state index is 11.9. The molecule has 4 nitrogen and oxygen atoms in total. The number of rotatable bonds is 3. The van der Waals surface area contributed by atoms with Gasteiger partial charge in [-0.25, -0.2) is 0 Å². The Balaban J connectivity index is 2.19. The molecule has 1 fully saturated rings. The zero-order chi connectivity index (χ0) is 14.5. The van der Waals surface area contributed by atoms with Crippen LogP contribution >= 0.6 is 0 Å². The third kappa shape index (κ3) is 3.14. The molecule has 0 aliphatic carbocycles. The van der Waals surface area contributed by atoms with Crippen molar-refractivity contribution in [3.8, 4) is 0 Å². The summed E-state index contributed by atoms with van der Waals surface area (Å²) in [4.78, 5) is 23.6. The van der Waals surface area contributed by atoms with Gasteiger partial charge in [-0.1, -0.05) is 36.4 Å². The first-order valence-corrected chi connectivity index (χ1v) is 6.59. The number of ether oxygens (including phenoxy) is 2. The normalized spacial score (nSPS) is 23.0. The van der Waals surface area contributed by atoms with Crippen molar-refractivity contribution in [1.29, 1.82) is 0 Å². The Labute approximate surface area is 118 Å². The van der Waals surface area contributed by atoms with Crippen LogP contribution in [-0.2, 0) is 19.1 Å². The number of hydrogen-bond donors (Lipinski definition) is 0. The minimum atomic E-state index is -0.853. The van der Waals surface area contributed by atoms with Gasteiger partial charge in [0.2, 0.25) is 0 Å². The molecule has 1 saturated heterocycles. The maximum Gasteiger partial charge on any atom is 0.319 e. The molecule has 4 heteroatoms. The van der Waals surface area contributed by atoms with E-state index in [2.05, 4.69) is 0 Å². The molecule has 1 aromatic rings. The number of Topliss-reactive ketones (excluding diaryl/α,β-unsaturated/α-hetero) is 1. The molecular formula is C16H18O4. The van der Waals surface area contributed by atoms with E-state index in [0.29, 0.717) is 6.61 Å². The molecule has 2 atom stereocenters. The van der Waals surface area contributed by atoms with Gasteiger partial charge in [-0.2, -0.15) is 0 Å². The Hall–Kier alpha value is -1.94. The quantitative estimate of drug-likeness (QED) is 0.626. The average molecular weight is 274 g/mol. The van der Waals surface area contributed by atoms with Crippen molar-refractivity contribution in [3.63, 3.8) is 0 Å². The molecule has 0 unspecified atom stereocenters. The number of carbonyl (C=O) groups is 2. The summed E-state index contributed by atoms with van der Waals surface area (Å²) >= 11 is 0. The molecule has 20 heavy (non-hydrogen) atoms. The van der Waals surface area contributed by atoms with Crippen LogP contribution in [0, 0.1) is 12.8 Å². The molecule has 0 aromatic heterocycles. The number of benzene rings is 1. The predicted octanol–water partition coefficient (Wildman–Crippen LogP) is 2.16. The summed E-state index contributed by atoms with van der Waals surface area (Å²) in [5.74, 6) is -1.51. The summed E-state index contributed by atoms with van der Waals surface area (Å²) in [7, 11) is 1.28. The molecule has 0 saturated carbocycles. The Bertz CT molecular complexity index is 525. The Kier molecular flexibility index (Phi) is 4.69. The molecule has 106 valence electrons. The van der Waals surface area contributed by atoms with Crippen LogP contribution in [0.15, 0.2) is 30.3 Å². The molecule has 1 aromatic carbocycles. The molecule has 1 aliphatic rings. The van der Waals surface area contributed by atoms with Crippen molar-refractivity contribution < 1.29 is 19.1 Å². The summed E-state index contributed by atoms with van der Waals surface area (Å²) in [5, 5.41) is 0. The lowest BCUT2D eigenvalue weighted by Crippen LogP contribution is -2.41. The van der Waals surface area contributed by atoms with Gasteiger partial charge in [0.25, 0.3) is 0 Å². The highest BCUT2D eigenvalue weighted by Crippen LogP contribution is 2.21. The fourth-order valence-electron chi connectivity index (χ4n) is 2.26. The highest BCUT2D eigenvalue weighted by Gasteiger charge is 2.37. The molecular weight excluding hydrogens is 256 g/mol. The number of ketones is 1. The van der Waals surface area contributed by atoms with E-state index < -0.39 is 18.0 Å². The minimum Gasteiger partial charge on any atom is -0.468 e. The van der Waals surface area contributed by atoms with Crippen molar-refractivity contribution in [1.82, 2.24) is 0 Å². The molecule has 0 amide bonds. The minimum absolute atomic E-state index is 0.123. The number of aryl methyl sites for hydroxylation is 1. The third-order valence-electron chi connectivity index (χ3n) is 3.44. The van der Waals surface area contributed by atoms with Crippen LogP contribution in [0.3, 0.4) is 0 Å². The smallest absolute Gasteiger partial charge is 0.319 e. The van der Waals surface area contributed by atoms with Gasteiger partial charge >= 0.3 is 5.97 Å². The fraction of sp³-hybridized carbons (Fsp3) is 0.375. The van der Waals surface area contributed by atoms with Gasteiger partial charge in [0.05, 0.1) is 19.8 Å². The van der Waals surface area contributed by atoms with Crippen LogP contribution in [0.25, 0.3) is 6.08 Å². The summed E-state index contributed by atoms with van der Waals surface area (Å²) in [6.07, 6.45) is 3.35. The van der Waals surface area contributed by atoms with E-state index in [0.717, 1.165) is 11.1 Å². The van der Waals surface area contributed by atoms with Gasteiger partial charge in [0.1, 0.15) is 5.92 Å². The lowest BCUT2D eigenvalue weighted by atomic mass is 9.92. The van der Waals surface area contributed by atoms with Gasteiger partial charge in [0, 0.05) is 6.42 Å². The average Bonchev–Trinajstić information content (AvgIpc) is 2.46. The van der Waals surface area contributed by atoms with Gasteiger partial charge < -0.3 is 9.47 Å². The van der Waals surface area contributed by atoms with Gasteiger partial charge in [-0.3, -0.25) is 9.59 Å². The Morgan fingerprint density at radius 1 is 1.40 bits per heavy atom. The summed E-state index contributed by atoms with van der Waals surface area (Å²) < 4.78 is 10.2. The molecule has 1 aliphatic heterocycles. The topological polar surface area (TPSA) is 52.6 Å². The first-order chi connectivity index (χ1) is 9.63. The summed E-state index contributed by atoms with van der Waals surface area (Å²) in [5.41, 5.74) is 2.17. The second-order valence-corrected chi connectivity index (χ2v) is 4.77. The lowest BCUT2D eigenvalue weighted by molar-refractivity contribution is -0.158. The lowest BCUT2D eigenvalue weighted by Gasteiger charge is -2.26. The van der Waals surface area contributed by atoms with Crippen molar-refractivity contribution in [2.45, 2.75) is 19.4 Å². The van der Waals surface area contributed by atoms with Crippen molar-refractivity contribution in [3.05, 3.63) is 41.5 Å². The van der Waals surface area contributed by atoms with Crippen LogP contribution in [0.1, 0.15) is 17.5 Å². The van der Waals surface area contributed by atoms with E-state index in [1.54, 1.807) is 6.08 Å². The SMILES string of the molecule is COC(=O)[C@H]1C(=O)CCO[C@@H]1/C=C/c1ccccc1C. The van der Waals surface area contributed by atoms with E-state index in [9.17, 15) is 9.59 Å². The van der Waals surface area contributed by atoms with Gasteiger partial charge in [-0.05, 0) is 18.1 Å². The van der Waals surface area contributed by atoms with Crippen LogP contribution in [0.5, 0.6) is 0 Å². The first kappa shape index (κ1) is 14.5. The molecule has 0 spiro atoms. The number of methoxy groups -OCH3 is 1. The zero-order valence-electron chi connectivity index (χ0n) is 11.7. The van der Waals surface area contributed by atoms with Crippen molar-refractivity contribution in [2.24, 2.45) is 5.92 Å². The largest absolute Gasteiger partial charge is 0.468 e.